The van der Waals surface area contributed by atoms with Gasteiger partial charge in [0.05, 0.1) is 7.11 Å². The van der Waals surface area contributed by atoms with E-state index in [2.05, 4.69) is 5.48 Å². The van der Waals surface area contributed by atoms with Gasteiger partial charge in [-0.05, 0) is 29.2 Å². The molecule has 0 aliphatic carbocycles. The molecule has 2 amide bonds. The maximum atomic E-state index is 14.0. The molecule has 3 N–H and O–H groups in total. The van der Waals surface area contributed by atoms with Gasteiger partial charge in [0, 0.05) is 25.4 Å². The molecule has 3 rings (SSSR count). The first-order valence-electron chi connectivity index (χ1n) is 9.17. The molecule has 1 heterocycles. The summed E-state index contributed by atoms with van der Waals surface area (Å²) in [6.07, 6.45) is 0.721. The molecular formula is C22H28FN3O3. The zero-order valence-electron chi connectivity index (χ0n) is 15.7. The molecule has 2 aromatic carbocycles. The zero-order valence-corrected chi connectivity index (χ0v) is 15.7. The number of nitrogens with two attached hydrogens (primary N) is 1. The van der Waals surface area contributed by atoms with Gasteiger partial charge in [-0.15, -0.1) is 0 Å². The molecule has 7 heteroatoms. The van der Waals surface area contributed by atoms with Gasteiger partial charge in [-0.1, -0.05) is 49.9 Å². The third-order valence-corrected chi connectivity index (χ3v) is 5.03. The van der Waals surface area contributed by atoms with Crippen LogP contribution in [0.3, 0.4) is 0 Å². The standard InChI is InChI=1S/C21H24FN3O3.CH4/c1-28-24-17(10-15-7-4-5-9-18(15)22)12-20(26)25-13-16-8-3-2-6-14(16)11-19(25)21(23)27;/h2-9,17,19,24H,10-13H2,1H3,(H2,23,27);1H4. The van der Waals surface area contributed by atoms with Crippen molar-refractivity contribution in [1.82, 2.24) is 10.4 Å². The number of hydrogen-bond acceptors (Lipinski definition) is 4. The second-order valence-corrected chi connectivity index (χ2v) is 6.93. The summed E-state index contributed by atoms with van der Waals surface area (Å²) >= 11 is 0. The van der Waals surface area contributed by atoms with Crippen LogP contribution in [0.4, 0.5) is 4.39 Å². The molecule has 0 bridgehead atoms. The number of carbonyl (C=O) groups is 2. The molecule has 0 saturated heterocycles. The molecule has 0 aromatic heterocycles. The molecule has 0 radical (unpaired) electrons. The number of carbonyl (C=O) groups excluding carboxylic acids is 2. The Balaban J connectivity index is 0.00000300. The van der Waals surface area contributed by atoms with E-state index in [1.165, 1.54) is 18.1 Å². The van der Waals surface area contributed by atoms with Crippen LogP contribution in [-0.4, -0.2) is 35.9 Å². The summed E-state index contributed by atoms with van der Waals surface area (Å²) in [6, 6.07) is 13.0. The van der Waals surface area contributed by atoms with Crippen molar-refractivity contribution in [3.8, 4) is 0 Å². The van der Waals surface area contributed by atoms with Crippen LogP contribution in [0.2, 0.25) is 0 Å². The number of rotatable bonds is 7. The third kappa shape index (κ3) is 5.40. The van der Waals surface area contributed by atoms with Gasteiger partial charge < -0.3 is 15.5 Å². The molecule has 6 nitrogen and oxygen atoms in total. The van der Waals surface area contributed by atoms with Gasteiger partial charge >= 0.3 is 0 Å². The molecule has 2 unspecified atom stereocenters. The quantitative estimate of drug-likeness (QED) is 0.698. The number of halogens is 1. The number of nitrogens with one attached hydrogen (secondary N) is 1. The molecule has 1 aliphatic rings. The first-order valence-corrected chi connectivity index (χ1v) is 9.17. The van der Waals surface area contributed by atoms with Crippen LogP contribution in [0.15, 0.2) is 48.5 Å². The number of fused-ring (bicyclic) bond motifs is 1. The van der Waals surface area contributed by atoms with Gasteiger partial charge in [0.25, 0.3) is 0 Å². The maximum Gasteiger partial charge on any atom is 0.240 e. The molecule has 2 aromatic rings. The highest BCUT2D eigenvalue weighted by Gasteiger charge is 2.34. The maximum absolute atomic E-state index is 14.0. The van der Waals surface area contributed by atoms with Gasteiger partial charge in [-0.3, -0.25) is 9.59 Å². The zero-order chi connectivity index (χ0) is 20.1. The van der Waals surface area contributed by atoms with Crippen LogP contribution in [0, 0.1) is 5.82 Å². The van der Waals surface area contributed by atoms with Crippen LogP contribution in [0.1, 0.15) is 30.5 Å². The molecule has 2 atom stereocenters. The lowest BCUT2D eigenvalue weighted by molar-refractivity contribution is -0.141. The Bertz CT molecular complexity index is 859. The summed E-state index contributed by atoms with van der Waals surface area (Å²) in [6.45, 7) is 0.321. The van der Waals surface area contributed by atoms with Crippen molar-refractivity contribution in [3.05, 3.63) is 71.0 Å². The molecule has 1 aliphatic heterocycles. The minimum atomic E-state index is -0.695. The van der Waals surface area contributed by atoms with E-state index in [9.17, 15) is 14.0 Å². The molecular weight excluding hydrogens is 373 g/mol. The predicted molar refractivity (Wildman–Crippen MR) is 109 cm³/mol. The van der Waals surface area contributed by atoms with Gasteiger partial charge in [0.15, 0.2) is 0 Å². The molecule has 0 saturated carbocycles. The van der Waals surface area contributed by atoms with E-state index in [1.54, 1.807) is 18.2 Å². The summed E-state index contributed by atoms with van der Waals surface area (Å²) in [7, 11) is 1.45. The summed E-state index contributed by atoms with van der Waals surface area (Å²) in [5, 5.41) is 0. The fraction of sp³-hybridized carbons (Fsp3) is 0.364. The van der Waals surface area contributed by atoms with Crippen LogP contribution < -0.4 is 11.2 Å². The van der Waals surface area contributed by atoms with Crippen LogP contribution in [-0.2, 0) is 33.8 Å². The lowest BCUT2D eigenvalue weighted by Crippen LogP contribution is -2.52. The Kier molecular flexibility index (Phi) is 7.87. The van der Waals surface area contributed by atoms with Crippen molar-refractivity contribution >= 4 is 11.8 Å². The van der Waals surface area contributed by atoms with E-state index in [-0.39, 0.29) is 32.0 Å². The van der Waals surface area contributed by atoms with Crippen molar-refractivity contribution < 1.29 is 18.8 Å². The lowest BCUT2D eigenvalue weighted by atomic mass is 9.92. The fourth-order valence-electron chi connectivity index (χ4n) is 3.62. The topological polar surface area (TPSA) is 84.7 Å². The predicted octanol–water partition coefficient (Wildman–Crippen LogP) is 2.35. The highest BCUT2D eigenvalue weighted by molar-refractivity contribution is 5.87. The highest BCUT2D eigenvalue weighted by atomic mass is 19.1. The molecule has 0 spiro atoms. The molecule has 0 fully saturated rings. The first kappa shape index (κ1) is 22.5. The Labute approximate surface area is 170 Å². The van der Waals surface area contributed by atoms with Gasteiger partial charge in [0.2, 0.25) is 11.8 Å². The largest absolute Gasteiger partial charge is 0.368 e. The molecule has 156 valence electrons. The van der Waals surface area contributed by atoms with Crippen LogP contribution in [0.5, 0.6) is 0 Å². The highest BCUT2D eigenvalue weighted by Crippen LogP contribution is 2.24. The average Bonchev–Trinajstić information content (AvgIpc) is 2.68. The monoisotopic (exact) mass is 401 g/mol. The summed E-state index contributed by atoms with van der Waals surface area (Å²) in [5.74, 6) is -1.10. The van der Waals surface area contributed by atoms with Gasteiger partial charge in [-0.25, -0.2) is 4.39 Å². The van der Waals surface area contributed by atoms with Gasteiger partial charge in [-0.2, -0.15) is 5.48 Å². The second kappa shape index (κ2) is 10.1. The Morgan fingerprint density at radius 2 is 1.86 bits per heavy atom. The van der Waals surface area contributed by atoms with E-state index in [0.717, 1.165) is 11.1 Å². The number of amides is 2. The van der Waals surface area contributed by atoms with E-state index in [1.807, 2.05) is 24.3 Å². The number of hydroxylamine groups is 1. The summed E-state index contributed by atoms with van der Waals surface area (Å²) < 4.78 is 14.0. The number of hydrogen-bond donors (Lipinski definition) is 2. The average molecular weight is 401 g/mol. The summed E-state index contributed by atoms with van der Waals surface area (Å²) in [5.41, 5.74) is 10.8. The Hall–Kier alpha value is -2.77. The van der Waals surface area contributed by atoms with Crippen molar-refractivity contribution in [1.29, 1.82) is 0 Å². The molecule has 29 heavy (non-hydrogen) atoms. The van der Waals surface area contributed by atoms with Crippen LogP contribution in [0.25, 0.3) is 0 Å². The smallest absolute Gasteiger partial charge is 0.240 e. The summed E-state index contributed by atoms with van der Waals surface area (Å²) in [4.78, 5) is 31.5. The first-order chi connectivity index (χ1) is 13.5. The normalized spacial score (nSPS) is 16.5. The lowest BCUT2D eigenvalue weighted by Gasteiger charge is -2.36. The van der Waals surface area contributed by atoms with Crippen molar-refractivity contribution in [2.75, 3.05) is 7.11 Å². The second-order valence-electron chi connectivity index (χ2n) is 6.93. The van der Waals surface area contributed by atoms with E-state index < -0.39 is 18.0 Å². The Morgan fingerprint density at radius 1 is 1.21 bits per heavy atom. The number of primary amides is 1. The number of nitrogens with zero attached hydrogens (tertiary/aromatic N) is 1. The van der Waals surface area contributed by atoms with E-state index in [4.69, 9.17) is 10.6 Å². The van der Waals surface area contributed by atoms with Crippen molar-refractivity contribution in [2.24, 2.45) is 5.73 Å². The Morgan fingerprint density at radius 3 is 2.52 bits per heavy atom. The fourth-order valence-corrected chi connectivity index (χ4v) is 3.62. The van der Waals surface area contributed by atoms with Crippen molar-refractivity contribution in [3.63, 3.8) is 0 Å². The van der Waals surface area contributed by atoms with Crippen molar-refractivity contribution in [2.45, 2.75) is 45.3 Å². The van der Waals surface area contributed by atoms with Gasteiger partial charge in [0.1, 0.15) is 11.9 Å². The third-order valence-electron chi connectivity index (χ3n) is 5.03. The minimum Gasteiger partial charge on any atom is -0.368 e. The number of benzene rings is 2. The van der Waals surface area contributed by atoms with Crippen LogP contribution >= 0.6 is 0 Å². The SMILES string of the molecule is C.CONC(CC(=O)N1Cc2ccccc2CC1C(N)=O)Cc1ccccc1F. The van der Waals surface area contributed by atoms with E-state index >= 15 is 0 Å². The van der Waals surface area contributed by atoms with E-state index in [0.29, 0.717) is 18.5 Å². The minimum absolute atomic E-state index is 0.